The van der Waals surface area contributed by atoms with E-state index in [1.807, 2.05) is 0 Å². The van der Waals surface area contributed by atoms with Gasteiger partial charge in [-0.25, -0.2) is 14.4 Å². The quantitative estimate of drug-likeness (QED) is 0.487. The molecular formula is C16H18O7. The summed E-state index contributed by atoms with van der Waals surface area (Å²) in [5, 5.41) is 28.1. The maximum absolute atomic E-state index is 11.5. The normalized spacial score (nSPS) is 11.6. The summed E-state index contributed by atoms with van der Waals surface area (Å²) in [5.41, 5.74) is 0.0261. The van der Waals surface area contributed by atoms with Gasteiger partial charge in [0, 0.05) is 12.5 Å². The van der Waals surface area contributed by atoms with Gasteiger partial charge in [-0.05, 0) is 30.5 Å². The molecule has 1 aromatic carbocycles. The Kier molecular flexibility index (Phi) is 6.47. The van der Waals surface area contributed by atoms with Crippen molar-refractivity contribution < 1.29 is 34.4 Å². The van der Waals surface area contributed by atoms with E-state index >= 15 is 0 Å². The van der Waals surface area contributed by atoms with Crippen molar-refractivity contribution in [2.45, 2.75) is 25.9 Å². The molecule has 124 valence electrons. The Bertz CT molecular complexity index is 632. The number of carboxylic acids is 2. The van der Waals surface area contributed by atoms with Gasteiger partial charge in [0.25, 0.3) is 0 Å². The van der Waals surface area contributed by atoms with E-state index in [-0.39, 0.29) is 36.1 Å². The van der Waals surface area contributed by atoms with E-state index in [1.165, 1.54) is 19.1 Å². The fraction of sp³-hybridized carbons (Fsp3) is 0.312. The van der Waals surface area contributed by atoms with Crippen molar-refractivity contribution in [2.24, 2.45) is 0 Å². The molecular weight excluding hydrogens is 304 g/mol. The lowest BCUT2D eigenvalue weighted by atomic mass is 9.91. The molecule has 0 spiro atoms. The van der Waals surface area contributed by atoms with Crippen molar-refractivity contribution in [1.82, 2.24) is 0 Å². The number of esters is 1. The molecule has 0 aromatic heterocycles. The fourth-order valence-electron chi connectivity index (χ4n) is 2.20. The maximum Gasteiger partial charge on any atom is 0.336 e. The molecule has 0 saturated heterocycles. The highest BCUT2D eigenvalue weighted by molar-refractivity contribution is 6.03. The summed E-state index contributed by atoms with van der Waals surface area (Å²) in [5.74, 6) is -3.36. The molecule has 0 amide bonds. The Hall–Kier alpha value is -2.67. The number of aliphatic hydroxyl groups excluding tert-OH is 1. The smallest absolute Gasteiger partial charge is 0.336 e. The molecule has 1 rings (SSSR count). The maximum atomic E-state index is 11.5. The van der Waals surface area contributed by atoms with Crippen LogP contribution in [0.4, 0.5) is 0 Å². The largest absolute Gasteiger partial charge is 0.478 e. The van der Waals surface area contributed by atoms with Crippen LogP contribution in [0.3, 0.4) is 0 Å². The van der Waals surface area contributed by atoms with E-state index in [0.29, 0.717) is 5.56 Å². The highest BCUT2D eigenvalue weighted by Gasteiger charge is 2.23. The Morgan fingerprint density at radius 2 is 1.91 bits per heavy atom. The molecule has 23 heavy (non-hydrogen) atoms. The van der Waals surface area contributed by atoms with Crippen LogP contribution in [0.1, 0.15) is 38.8 Å². The molecule has 0 fully saturated rings. The second-order valence-corrected chi connectivity index (χ2v) is 4.91. The van der Waals surface area contributed by atoms with Crippen LogP contribution in [0.15, 0.2) is 24.8 Å². The fourth-order valence-corrected chi connectivity index (χ4v) is 2.20. The zero-order valence-electron chi connectivity index (χ0n) is 12.6. The van der Waals surface area contributed by atoms with Gasteiger partial charge in [-0.15, -0.1) is 0 Å². The summed E-state index contributed by atoms with van der Waals surface area (Å²) in [6.45, 7) is 4.72. The number of carbonyl (C=O) groups is 3. The van der Waals surface area contributed by atoms with E-state index in [9.17, 15) is 24.6 Å². The van der Waals surface area contributed by atoms with Crippen molar-refractivity contribution in [1.29, 1.82) is 0 Å². The van der Waals surface area contributed by atoms with Crippen molar-refractivity contribution in [3.8, 4) is 0 Å². The first-order valence-electron chi connectivity index (χ1n) is 6.86. The first-order valence-corrected chi connectivity index (χ1v) is 6.86. The highest BCUT2D eigenvalue weighted by atomic mass is 16.5. The molecule has 7 nitrogen and oxygen atoms in total. The molecule has 1 atom stereocenters. The lowest BCUT2D eigenvalue weighted by Gasteiger charge is -2.16. The zero-order chi connectivity index (χ0) is 17.6. The summed E-state index contributed by atoms with van der Waals surface area (Å²) < 4.78 is 4.85. The number of aliphatic hydroxyl groups is 1. The molecule has 0 aliphatic carbocycles. The number of rotatable bonds is 8. The third-order valence-corrected chi connectivity index (χ3v) is 3.14. The number of ether oxygens (including phenoxy) is 1. The lowest BCUT2D eigenvalue weighted by molar-refractivity contribution is -0.137. The first kappa shape index (κ1) is 18.4. The zero-order valence-corrected chi connectivity index (χ0v) is 12.6. The second kappa shape index (κ2) is 8.09. The predicted molar refractivity (Wildman–Crippen MR) is 80.6 cm³/mol. The summed E-state index contributed by atoms with van der Waals surface area (Å²) in [4.78, 5) is 33.7. The monoisotopic (exact) mass is 322 g/mol. The lowest BCUT2D eigenvalue weighted by Crippen LogP contribution is -2.18. The molecule has 0 aliphatic rings. The van der Waals surface area contributed by atoms with Crippen molar-refractivity contribution in [2.75, 3.05) is 6.61 Å². The van der Waals surface area contributed by atoms with Gasteiger partial charge in [-0.1, -0.05) is 12.6 Å². The summed E-state index contributed by atoms with van der Waals surface area (Å²) in [7, 11) is 0. The van der Waals surface area contributed by atoms with Gasteiger partial charge in [0.2, 0.25) is 0 Å². The highest BCUT2D eigenvalue weighted by Crippen LogP contribution is 2.23. The predicted octanol–water partition coefficient (Wildman–Crippen LogP) is 1.28. The summed E-state index contributed by atoms with van der Waals surface area (Å²) in [6, 6.07) is 2.66. The van der Waals surface area contributed by atoms with E-state index in [2.05, 4.69) is 6.58 Å². The Morgan fingerprint density at radius 1 is 1.26 bits per heavy atom. The van der Waals surface area contributed by atoms with Gasteiger partial charge in [0.15, 0.2) is 0 Å². The standard InChI is InChI=1S/C16H18O7/c1-3-13(18)23-7-6-10-4-5-11(15(19)20)14(16(21)22)12(10)8-9(2)17/h3-5,9,17H,1,6-8H2,2H3,(H,19,20)(H,21,22). The molecule has 1 unspecified atom stereocenters. The molecule has 0 heterocycles. The van der Waals surface area contributed by atoms with Crippen molar-refractivity contribution in [3.05, 3.63) is 47.0 Å². The molecule has 0 saturated carbocycles. The number of carbonyl (C=O) groups excluding carboxylic acids is 1. The first-order chi connectivity index (χ1) is 10.8. The number of benzene rings is 1. The van der Waals surface area contributed by atoms with Gasteiger partial charge >= 0.3 is 17.9 Å². The summed E-state index contributed by atoms with van der Waals surface area (Å²) >= 11 is 0. The Balaban J connectivity index is 3.25. The molecule has 3 N–H and O–H groups in total. The van der Waals surface area contributed by atoms with E-state index in [1.54, 1.807) is 0 Å². The van der Waals surface area contributed by atoms with E-state index in [0.717, 1.165) is 6.08 Å². The van der Waals surface area contributed by atoms with Crippen LogP contribution in [-0.4, -0.2) is 45.9 Å². The topological polar surface area (TPSA) is 121 Å². The van der Waals surface area contributed by atoms with Crippen LogP contribution in [0.25, 0.3) is 0 Å². The number of aromatic carboxylic acids is 2. The van der Waals surface area contributed by atoms with Crippen LogP contribution in [-0.2, 0) is 22.4 Å². The van der Waals surface area contributed by atoms with Gasteiger partial charge in [0.05, 0.1) is 23.8 Å². The average Bonchev–Trinajstić information content (AvgIpc) is 2.46. The van der Waals surface area contributed by atoms with Gasteiger partial charge < -0.3 is 20.1 Å². The minimum absolute atomic E-state index is 0.0108. The minimum Gasteiger partial charge on any atom is -0.478 e. The molecule has 0 radical (unpaired) electrons. The van der Waals surface area contributed by atoms with Crippen molar-refractivity contribution >= 4 is 17.9 Å². The van der Waals surface area contributed by atoms with Gasteiger partial charge in [0.1, 0.15) is 0 Å². The van der Waals surface area contributed by atoms with Gasteiger partial charge in [-0.3, -0.25) is 0 Å². The van der Waals surface area contributed by atoms with E-state index < -0.39 is 24.0 Å². The second-order valence-electron chi connectivity index (χ2n) is 4.91. The Morgan fingerprint density at radius 3 is 2.39 bits per heavy atom. The third kappa shape index (κ3) is 4.93. The molecule has 0 aliphatic heterocycles. The third-order valence-electron chi connectivity index (χ3n) is 3.14. The van der Waals surface area contributed by atoms with Gasteiger partial charge in [-0.2, -0.15) is 0 Å². The minimum atomic E-state index is -1.39. The van der Waals surface area contributed by atoms with Crippen molar-refractivity contribution in [3.63, 3.8) is 0 Å². The van der Waals surface area contributed by atoms with E-state index in [4.69, 9.17) is 9.84 Å². The van der Waals surface area contributed by atoms with Crippen LogP contribution in [0.2, 0.25) is 0 Å². The number of hydrogen-bond acceptors (Lipinski definition) is 5. The van der Waals surface area contributed by atoms with Crippen LogP contribution in [0.5, 0.6) is 0 Å². The SMILES string of the molecule is C=CC(=O)OCCc1ccc(C(=O)O)c(C(=O)O)c1CC(C)O. The average molecular weight is 322 g/mol. The molecule has 0 bridgehead atoms. The Labute approximate surface area is 132 Å². The van der Waals surface area contributed by atoms with Crippen LogP contribution in [0, 0.1) is 0 Å². The number of carboxylic acid groups (broad SMARTS) is 2. The van der Waals surface area contributed by atoms with Crippen LogP contribution < -0.4 is 0 Å². The summed E-state index contributed by atoms with van der Waals surface area (Å²) in [6.07, 6.45) is 0.328. The van der Waals surface area contributed by atoms with Crippen LogP contribution >= 0.6 is 0 Å². The molecule has 7 heteroatoms. The number of hydrogen-bond donors (Lipinski definition) is 3. The molecule has 1 aromatic rings.